The monoisotopic (exact) mass is 528 g/mol. The fourth-order valence-electron chi connectivity index (χ4n) is 4.16. The minimum Gasteiger partial charge on any atom is -0.494 e. The van der Waals surface area contributed by atoms with Crippen LogP contribution in [0.25, 0.3) is 0 Å². The predicted molar refractivity (Wildman–Crippen MR) is 133 cm³/mol. The van der Waals surface area contributed by atoms with Gasteiger partial charge in [0.2, 0.25) is 5.91 Å². The van der Waals surface area contributed by atoms with Gasteiger partial charge in [0.1, 0.15) is 5.75 Å². The summed E-state index contributed by atoms with van der Waals surface area (Å²) < 4.78 is 5.72. The highest BCUT2D eigenvalue weighted by molar-refractivity contribution is 14.0. The summed E-state index contributed by atoms with van der Waals surface area (Å²) >= 11 is 0. The third kappa shape index (κ3) is 7.96. The molecule has 7 heteroatoms. The van der Waals surface area contributed by atoms with Gasteiger partial charge >= 0.3 is 0 Å². The third-order valence-corrected chi connectivity index (χ3v) is 5.72. The Labute approximate surface area is 198 Å². The largest absolute Gasteiger partial charge is 0.494 e. The standard InChI is InChI=1S/C23H36N4O2.HI/c1-2-24-23(25-15-9-17-29-21-12-7-4-8-13-21)26-20-14-16-27(18-20)22(28)19-10-5-3-6-11-19;/h4,7-8,12-13,19-20H,2-3,5-6,9-11,14-18H2,1H3,(H2,24,25,26);1H. The number of amides is 1. The van der Waals surface area contributed by atoms with Crippen LogP contribution in [0.3, 0.4) is 0 Å². The smallest absolute Gasteiger partial charge is 0.225 e. The molecule has 1 saturated heterocycles. The van der Waals surface area contributed by atoms with Crippen molar-refractivity contribution in [3.05, 3.63) is 30.3 Å². The zero-order valence-electron chi connectivity index (χ0n) is 18.1. The Hall–Kier alpha value is -1.51. The first kappa shape index (κ1) is 24.8. The van der Waals surface area contributed by atoms with Crippen LogP contribution in [0.1, 0.15) is 51.9 Å². The second-order valence-electron chi connectivity index (χ2n) is 8.02. The van der Waals surface area contributed by atoms with Crippen LogP contribution in [0.5, 0.6) is 5.75 Å². The molecular weight excluding hydrogens is 491 g/mol. The van der Waals surface area contributed by atoms with Gasteiger partial charge in [0, 0.05) is 44.6 Å². The molecule has 1 saturated carbocycles. The quantitative estimate of drug-likeness (QED) is 0.233. The highest BCUT2D eigenvalue weighted by Gasteiger charge is 2.31. The number of nitrogens with one attached hydrogen (secondary N) is 2. The lowest BCUT2D eigenvalue weighted by Crippen LogP contribution is -2.45. The van der Waals surface area contributed by atoms with E-state index >= 15 is 0 Å². The molecule has 1 heterocycles. The number of carbonyl (C=O) groups is 1. The van der Waals surface area contributed by atoms with Crippen LogP contribution in [0.15, 0.2) is 35.3 Å². The van der Waals surface area contributed by atoms with E-state index in [1.54, 1.807) is 0 Å². The number of benzene rings is 1. The van der Waals surface area contributed by atoms with Gasteiger partial charge in [-0.05, 0) is 38.3 Å². The molecule has 168 valence electrons. The molecule has 2 N–H and O–H groups in total. The van der Waals surface area contributed by atoms with Crippen molar-refractivity contribution in [3.8, 4) is 5.75 Å². The van der Waals surface area contributed by atoms with Crippen LogP contribution in [0, 0.1) is 5.92 Å². The molecule has 2 aliphatic rings. The highest BCUT2D eigenvalue weighted by atomic mass is 127. The molecule has 1 aliphatic carbocycles. The van der Waals surface area contributed by atoms with Crippen molar-refractivity contribution >= 4 is 35.8 Å². The van der Waals surface area contributed by atoms with E-state index < -0.39 is 0 Å². The Bertz CT molecular complexity index is 650. The first-order valence-corrected chi connectivity index (χ1v) is 11.3. The van der Waals surface area contributed by atoms with Crippen LogP contribution in [0.2, 0.25) is 0 Å². The fourth-order valence-corrected chi connectivity index (χ4v) is 4.16. The number of nitrogens with zero attached hydrogens (tertiary/aromatic N) is 2. The van der Waals surface area contributed by atoms with Crippen LogP contribution in [0.4, 0.5) is 0 Å². The molecule has 1 atom stereocenters. The molecular formula is C23H37IN4O2. The number of hydrogen-bond acceptors (Lipinski definition) is 3. The van der Waals surface area contributed by atoms with Crippen molar-refractivity contribution in [3.63, 3.8) is 0 Å². The Morgan fingerprint density at radius 2 is 1.93 bits per heavy atom. The molecule has 1 aliphatic heterocycles. The fraction of sp³-hybridized carbons (Fsp3) is 0.652. The van der Waals surface area contributed by atoms with Crippen molar-refractivity contribution in [2.45, 2.75) is 57.9 Å². The van der Waals surface area contributed by atoms with Crippen LogP contribution in [-0.2, 0) is 4.79 Å². The average molecular weight is 528 g/mol. The normalized spacial score (nSPS) is 19.8. The van der Waals surface area contributed by atoms with Gasteiger partial charge in [-0.1, -0.05) is 37.5 Å². The Morgan fingerprint density at radius 3 is 2.67 bits per heavy atom. The number of para-hydroxylation sites is 1. The minimum absolute atomic E-state index is 0. The van der Waals surface area contributed by atoms with Gasteiger partial charge < -0.3 is 20.3 Å². The van der Waals surface area contributed by atoms with E-state index in [0.717, 1.165) is 57.0 Å². The summed E-state index contributed by atoms with van der Waals surface area (Å²) in [6.45, 7) is 5.90. The van der Waals surface area contributed by atoms with Gasteiger partial charge in [-0.25, -0.2) is 0 Å². The summed E-state index contributed by atoms with van der Waals surface area (Å²) in [5.74, 6) is 2.36. The molecule has 0 spiro atoms. The van der Waals surface area contributed by atoms with Gasteiger partial charge in [0.05, 0.1) is 6.61 Å². The lowest BCUT2D eigenvalue weighted by Gasteiger charge is -2.26. The molecule has 1 amide bonds. The molecule has 2 fully saturated rings. The van der Waals surface area contributed by atoms with Crippen molar-refractivity contribution in [1.29, 1.82) is 0 Å². The van der Waals surface area contributed by atoms with Crippen molar-refractivity contribution in [2.75, 3.05) is 32.8 Å². The third-order valence-electron chi connectivity index (χ3n) is 5.72. The maximum Gasteiger partial charge on any atom is 0.225 e. The van der Waals surface area contributed by atoms with E-state index in [4.69, 9.17) is 4.74 Å². The Balaban J connectivity index is 0.00000320. The molecule has 6 nitrogen and oxygen atoms in total. The average Bonchev–Trinajstić information content (AvgIpc) is 3.23. The molecule has 0 aromatic heterocycles. The molecule has 1 aromatic rings. The van der Waals surface area contributed by atoms with E-state index in [9.17, 15) is 4.79 Å². The maximum absolute atomic E-state index is 12.8. The molecule has 1 unspecified atom stereocenters. The number of halogens is 1. The van der Waals surface area contributed by atoms with Gasteiger partial charge in [-0.2, -0.15) is 0 Å². The minimum atomic E-state index is 0. The molecule has 30 heavy (non-hydrogen) atoms. The van der Waals surface area contributed by atoms with Crippen molar-refractivity contribution in [2.24, 2.45) is 10.9 Å². The summed E-state index contributed by atoms with van der Waals surface area (Å²) in [5.41, 5.74) is 0. The second-order valence-corrected chi connectivity index (χ2v) is 8.02. The molecule has 1 aromatic carbocycles. The van der Waals surface area contributed by atoms with Crippen LogP contribution in [-0.4, -0.2) is 55.6 Å². The summed E-state index contributed by atoms with van der Waals surface area (Å²) in [4.78, 5) is 19.5. The number of guanidine groups is 1. The summed E-state index contributed by atoms with van der Waals surface area (Å²) in [6, 6.07) is 10.2. The van der Waals surface area contributed by atoms with E-state index in [1.165, 1.54) is 19.3 Å². The number of rotatable bonds is 8. The Morgan fingerprint density at radius 1 is 1.17 bits per heavy atom. The SMILES string of the molecule is CCNC(=NCCCOc1ccccc1)NC1CCN(C(=O)C2CCCCC2)C1.I. The summed E-state index contributed by atoms with van der Waals surface area (Å²) in [6.07, 6.45) is 7.69. The number of aliphatic imine (C=N–C) groups is 1. The van der Waals surface area contributed by atoms with E-state index in [0.29, 0.717) is 19.1 Å². The van der Waals surface area contributed by atoms with Gasteiger partial charge in [0.15, 0.2) is 5.96 Å². The van der Waals surface area contributed by atoms with Crippen molar-refractivity contribution in [1.82, 2.24) is 15.5 Å². The van der Waals surface area contributed by atoms with E-state index in [1.807, 2.05) is 30.3 Å². The number of carbonyl (C=O) groups excluding carboxylic acids is 1. The number of ether oxygens (including phenoxy) is 1. The predicted octanol–water partition coefficient (Wildman–Crippen LogP) is 3.81. The number of hydrogen-bond donors (Lipinski definition) is 2. The van der Waals surface area contributed by atoms with E-state index in [-0.39, 0.29) is 35.9 Å². The first-order chi connectivity index (χ1) is 14.3. The van der Waals surface area contributed by atoms with Gasteiger partial charge in [-0.15, -0.1) is 24.0 Å². The second kappa shape index (κ2) is 13.7. The highest BCUT2D eigenvalue weighted by Crippen LogP contribution is 2.26. The molecule has 0 radical (unpaired) electrons. The molecule has 3 rings (SSSR count). The van der Waals surface area contributed by atoms with Crippen LogP contribution < -0.4 is 15.4 Å². The van der Waals surface area contributed by atoms with E-state index in [2.05, 4.69) is 27.4 Å². The number of likely N-dealkylation sites (tertiary alicyclic amines) is 1. The zero-order chi connectivity index (χ0) is 20.3. The van der Waals surface area contributed by atoms with Crippen LogP contribution >= 0.6 is 24.0 Å². The lowest BCUT2D eigenvalue weighted by atomic mass is 9.88. The maximum atomic E-state index is 12.8. The summed E-state index contributed by atoms with van der Waals surface area (Å²) in [5, 5.41) is 6.84. The molecule has 0 bridgehead atoms. The van der Waals surface area contributed by atoms with Crippen molar-refractivity contribution < 1.29 is 9.53 Å². The zero-order valence-corrected chi connectivity index (χ0v) is 20.5. The first-order valence-electron chi connectivity index (χ1n) is 11.3. The lowest BCUT2D eigenvalue weighted by molar-refractivity contribution is -0.135. The van der Waals surface area contributed by atoms with Gasteiger partial charge in [-0.3, -0.25) is 9.79 Å². The Kier molecular flexibility index (Phi) is 11.3. The summed E-state index contributed by atoms with van der Waals surface area (Å²) in [7, 11) is 0. The topological polar surface area (TPSA) is 66.0 Å². The van der Waals surface area contributed by atoms with Gasteiger partial charge in [0.25, 0.3) is 0 Å².